The molecule has 1 fully saturated rings. The predicted molar refractivity (Wildman–Crippen MR) is 87.5 cm³/mol. The molecule has 0 aliphatic carbocycles. The second kappa shape index (κ2) is 5.55. The van der Waals surface area contributed by atoms with Gasteiger partial charge in [0.05, 0.1) is 30.4 Å². The number of aliphatic hydroxyl groups excluding tert-OH is 1. The first-order valence-corrected chi connectivity index (χ1v) is 7.76. The summed E-state index contributed by atoms with van der Waals surface area (Å²) in [6.07, 6.45) is 6.66. The monoisotopic (exact) mass is 310 g/mol. The van der Waals surface area contributed by atoms with E-state index in [1.807, 2.05) is 18.3 Å². The minimum atomic E-state index is -0.216. The number of rotatable bonds is 2. The van der Waals surface area contributed by atoms with Crippen LogP contribution in [0.3, 0.4) is 0 Å². The fourth-order valence-corrected chi connectivity index (χ4v) is 3.11. The summed E-state index contributed by atoms with van der Waals surface area (Å²) < 4.78 is 2.06. The highest BCUT2D eigenvalue weighted by molar-refractivity contribution is 5.68. The summed E-state index contributed by atoms with van der Waals surface area (Å²) >= 11 is 0. The number of phenolic OH excluding ortho intramolecular Hbond substituents is 1. The Kier molecular flexibility index (Phi) is 3.38. The van der Waals surface area contributed by atoms with E-state index in [-0.39, 0.29) is 11.9 Å². The number of fused-ring (bicyclic) bond motifs is 1. The van der Waals surface area contributed by atoms with Crippen molar-refractivity contribution >= 4 is 11.5 Å². The number of anilines is 1. The van der Waals surface area contributed by atoms with Crippen molar-refractivity contribution in [3.8, 4) is 17.0 Å². The van der Waals surface area contributed by atoms with E-state index < -0.39 is 0 Å². The largest absolute Gasteiger partial charge is 0.508 e. The summed E-state index contributed by atoms with van der Waals surface area (Å²) in [5.74, 6) is 1.19. The Morgan fingerprint density at radius 1 is 1.09 bits per heavy atom. The molecule has 6 heteroatoms. The number of hydrogen-bond donors (Lipinski definition) is 2. The molecular weight excluding hydrogens is 292 g/mol. The molecule has 1 aliphatic rings. The third-order valence-corrected chi connectivity index (χ3v) is 4.33. The van der Waals surface area contributed by atoms with Crippen molar-refractivity contribution in [2.75, 3.05) is 18.0 Å². The first kappa shape index (κ1) is 14.0. The van der Waals surface area contributed by atoms with Gasteiger partial charge in [0.25, 0.3) is 0 Å². The zero-order chi connectivity index (χ0) is 15.8. The lowest BCUT2D eigenvalue weighted by Gasteiger charge is -2.31. The maximum atomic E-state index is 9.75. The second-order valence-corrected chi connectivity index (χ2v) is 5.87. The Bertz CT molecular complexity index is 837. The average Bonchev–Trinajstić information content (AvgIpc) is 3.00. The number of benzene rings is 1. The van der Waals surface area contributed by atoms with Gasteiger partial charge in [-0.25, -0.2) is 4.98 Å². The summed E-state index contributed by atoms with van der Waals surface area (Å²) in [6.45, 7) is 1.58. The topological polar surface area (TPSA) is 73.9 Å². The molecule has 3 heterocycles. The Labute approximate surface area is 133 Å². The van der Waals surface area contributed by atoms with Crippen LogP contribution < -0.4 is 4.90 Å². The molecule has 0 amide bonds. The number of aliphatic hydroxyl groups is 1. The van der Waals surface area contributed by atoms with Crippen molar-refractivity contribution in [1.82, 2.24) is 14.4 Å². The summed E-state index contributed by atoms with van der Waals surface area (Å²) in [5, 5.41) is 19.5. The van der Waals surface area contributed by atoms with Gasteiger partial charge in [-0.3, -0.25) is 9.38 Å². The third-order valence-electron chi connectivity index (χ3n) is 4.33. The van der Waals surface area contributed by atoms with Crippen LogP contribution in [0.2, 0.25) is 0 Å². The van der Waals surface area contributed by atoms with Gasteiger partial charge in [-0.1, -0.05) is 12.1 Å². The molecule has 0 spiro atoms. The van der Waals surface area contributed by atoms with Gasteiger partial charge in [-0.15, -0.1) is 0 Å². The number of piperidine rings is 1. The maximum Gasteiger partial charge on any atom is 0.157 e. The predicted octanol–water partition coefficient (Wildman–Crippen LogP) is 2.06. The maximum absolute atomic E-state index is 9.75. The quantitative estimate of drug-likeness (QED) is 0.758. The molecule has 1 aromatic carbocycles. The Morgan fingerprint density at radius 3 is 2.70 bits per heavy atom. The molecule has 23 heavy (non-hydrogen) atoms. The van der Waals surface area contributed by atoms with Gasteiger partial charge >= 0.3 is 0 Å². The van der Waals surface area contributed by atoms with E-state index in [1.54, 1.807) is 24.5 Å². The molecule has 0 unspecified atom stereocenters. The molecular formula is C17H18N4O2. The van der Waals surface area contributed by atoms with E-state index in [0.29, 0.717) is 0 Å². The van der Waals surface area contributed by atoms with Gasteiger partial charge < -0.3 is 15.1 Å². The Morgan fingerprint density at radius 2 is 1.91 bits per heavy atom. The Balaban J connectivity index is 1.84. The molecule has 4 rings (SSSR count). The normalized spacial score (nSPS) is 16.1. The van der Waals surface area contributed by atoms with Crippen LogP contribution in [0.5, 0.6) is 5.75 Å². The first-order valence-electron chi connectivity index (χ1n) is 7.76. The number of imidazole rings is 1. The van der Waals surface area contributed by atoms with Crippen molar-refractivity contribution in [1.29, 1.82) is 0 Å². The van der Waals surface area contributed by atoms with Gasteiger partial charge in [0, 0.05) is 18.7 Å². The summed E-state index contributed by atoms with van der Waals surface area (Å²) in [4.78, 5) is 11.0. The van der Waals surface area contributed by atoms with Gasteiger partial charge in [-0.2, -0.15) is 0 Å². The molecule has 1 saturated heterocycles. The van der Waals surface area contributed by atoms with E-state index in [9.17, 15) is 10.2 Å². The van der Waals surface area contributed by atoms with Crippen molar-refractivity contribution in [2.24, 2.45) is 0 Å². The smallest absolute Gasteiger partial charge is 0.157 e. The van der Waals surface area contributed by atoms with Crippen molar-refractivity contribution < 1.29 is 10.2 Å². The second-order valence-electron chi connectivity index (χ2n) is 5.87. The fourth-order valence-electron chi connectivity index (χ4n) is 3.11. The van der Waals surface area contributed by atoms with Crippen LogP contribution in [-0.4, -0.2) is 43.8 Å². The van der Waals surface area contributed by atoms with Crippen LogP contribution >= 0.6 is 0 Å². The minimum absolute atomic E-state index is 0.216. The molecule has 118 valence electrons. The number of hydrogen-bond acceptors (Lipinski definition) is 5. The van der Waals surface area contributed by atoms with Crippen LogP contribution in [0.15, 0.2) is 42.9 Å². The third kappa shape index (κ3) is 2.51. The van der Waals surface area contributed by atoms with Crippen molar-refractivity contribution in [3.63, 3.8) is 0 Å². The highest BCUT2D eigenvalue weighted by atomic mass is 16.3. The van der Waals surface area contributed by atoms with Gasteiger partial charge in [0.1, 0.15) is 11.6 Å². The van der Waals surface area contributed by atoms with Crippen LogP contribution in [-0.2, 0) is 0 Å². The zero-order valence-electron chi connectivity index (χ0n) is 12.6. The van der Waals surface area contributed by atoms with E-state index in [1.165, 1.54) is 0 Å². The molecule has 0 saturated carbocycles. The molecule has 2 aromatic heterocycles. The lowest BCUT2D eigenvalue weighted by molar-refractivity contribution is 0.145. The summed E-state index contributed by atoms with van der Waals surface area (Å²) in [6, 6.07) is 7.16. The van der Waals surface area contributed by atoms with Gasteiger partial charge in [0.15, 0.2) is 5.65 Å². The highest BCUT2D eigenvalue weighted by Crippen LogP contribution is 2.29. The van der Waals surface area contributed by atoms with Crippen LogP contribution in [0.1, 0.15) is 12.8 Å². The van der Waals surface area contributed by atoms with E-state index in [2.05, 4.69) is 19.3 Å². The number of aromatic hydroxyl groups is 1. The van der Waals surface area contributed by atoms with Gasteiger partial charge in [-0.05, 0) is 25.0 Å². The average molecular weight is 310 g/mol. The van der Waals surface area contributed by atoms with E-state index in [0.717, 1.165) is 48.7 Å². The van der Waals surface area contributed by atoms with Crippen molar-refractivity contribution in [2.45, 2.75) is 18.9 Å². The van der Waals surface area contributed by atoms with Crippen LogP contribution in [0, 0.1) is 0 Å². The standard InChI is InChI=1S/C17H18N4O2/c22-13-4-6-20(7-5-13)17-11-18-10-16-19-9-15(21(16)17)12-2-1-3-14(23)8-12/h1-3,8-11,13,22-23H,4-7H2. The molecule has 2 N–H and O–H groups in total. The summed E-state index contributed by atoms with van der Waals surface area (Å²) in [5.41, 5.74) is 2.59. The first-order chi connectivity index (χ1) is 11.2. The Hall–Kier alpha value is -2.60. The van der Waals surface area contributed by atoms with Crippen LogP contribution in [0.4, 0.5) is 5.82 Å². The molecule has 0 atom stereocenters. The molecule has 1 aliphatic heterocycles. The SMILES string of the molecule is Oc1cccc(-c2cnc3cncc(N4CCC(O)CC4)n23)c1. The number of aromatic nitrogens is 3. The van der Waals surface area contributed by atoms with Crippen LogP contribution in [0.25, 0.3) is 16.9 Å². The lowest BCUT2D eigenvalue weighted by Crippen LogP contribution is -2.36. The van der Waals surface area contributed by atoms with Gasteiger partial charge in [0.2, 0.25) is 0 Å². The molecule has 0 bridgehead atoms. The van der Waals surface area contributed by atoms with E-state index in [4.69, 9.17) is 0 Å². The van der Waals surface area contributed by atoms with Crippen molar-refractivity contribution in [3.05, 3.63) is 42.9 Å². The molecule has 3 aromatic rings. The minimum Gasteiger partial charge on any atom is -0.508 e. The summed E-state index contributed by atoms with van der Waals surface area (Å²) in [7, 11) is 0. The highest BCUT2D eigenvalue weighted by Gasteiger charge is 2.21. The molecule has 0 radical (unpaired) electrons. The fraction of sp³-hybridized carbons (Fsp3) is 0.294. The number of phenols is 1. The lowest BCUT2D eigenvalue weighted by atomic mass is 10.1. The zero-order valence-corrected chi connectivity index (χ0v) is 12.6. The molecule has 6 nitrogen and oxygen atoms in total. The number of nitrogens with zero attached hydrogens (tertiary/aromatic N) is 4. The van der Waals surface area contributed by atoms with E-state index >= 15 is 0 Å².